The predicted octanol–water partition coefficient (Wildman–Crippen LogP) is 3.01. The molecule has 0 fully saturated rings. The topological polar surface area (TPSA) is 18.5 Å². The van der Waals surface area contributed by atoms with Crippen molar-refractivity contribution in [2.75, 3.05) is 13.7 Å². The summed E-state index contributed by atoms with van der Waals surface area (Å²) in [6.45, 7) is 7.20. The van der Waals surface area contributed by atoms with E-state index in [0.29, 0.717) is 6.10 Å². The second-order valence-electron chi connectivity index (χ2n) is 3.35. The van der Waals surface area contributed by atoms with Crippen LogP contribution in [0.4, 0.5) is 0 Å². The maximum absolute atomic E-state index is 5.66. The molecule has 0 aliphatic heterocycles. The summed E-state index contributed by atoms with van der Waals surface area (Å²) in [5, 5.41) is 0. The lowest BCUT2D eigenvalue weighted by Gasteiger charge is -2.25. The van der Waals surface area contributed by atoms with Crippen LogP contribution in [0.3, 0.4) is 0 Å². The highest BCUT2D eigenvalue weighted by atomic mass is 16.5. The molecule has 0 bridgehead atoms. The van der Waals surface area contributed by atoms with Gasteiger partial charge >= 0.3 is 0 Å². The Morgan fingerprint density at radius 2 is 1.46 bits per heavy atom. The van der Waals surface area contributed by atoms with Gasteiger partial charge in [-0.25, -0.2) is 0 Å². The number of hydrogen-bond acceptors (Lipinski definition) is 2. The van der Waals surface area contributed by atoms with Gasteiger partial charge in [0.05, 0.1) is 12.2 Å². The van der Waals surface area contributed by atoms with Crippen molar-refractivity contribution < 1.29 is 9.47 Å². The number of methoxy groups -OCH3 is 1. The van der Waals surface area contributed by atoms with Crippen LogP contribution >= 0.6 is 0 Å². The van der Waals surface area contributed by atoms with Crippen LogP contribution in [-0.2, 0) is 9.47 Å². The highest BCUT2D eigenvalue weighted by Crippen LogP contribution is 2.14. The maximum Gasteiger partial charge on any atom is 0.0836 e. The molecule has 0 aromatic carbocycles. The second-order valence-corrected chi connectivity index (χ2v) is 3.35. The van der Waals surface area contributed by atoms with E-state index in [0.717, 1.165) is 32.3 Å². The number of hydrogen-bond donors (Lipinski definition) is 0. The highest BCUT2D eigenvalue weighted by Gasteiger charge is 2.19. The molecule has 0 aromatic heterocycles. The summed E-state index contributed by atoms with van der Waals surface area (Å²) in [6, 6.07) is 0. The molecule has 0 heterocycles. The fourth-order valence-corrected chi connectivity index (χ4v) is 1.62. The monoisotopic (exact) mass is 188 g/mol. The Hall–Kier alpha value is -0.0800. The van der Waals surface area contributed by atoms with Crippen LogP contribution in [0.15, 0.2) is 0 Å². The Morgan fingerprint density at radius 3 is 1.85 bits per heavy atom. The molecule has 2 heteroatoms. The van der Waals surface area contributed by atoms with Gasteiger partial charge in [-0.3, -0.25) is 0 Å². The third kappa shape index (κ3) is 5.27. The second kappa shape index (κ2) is 8.52. The van der Waals surface area contributed by atoms with E-state index >= 15 is 0 Å². The molecule has 0 aliphatic rings. The van der Waals surface area contributed by atoms with E-state index in [1.165, 1.54) is 0 Å². The summed E-state index contributed by atoms with van der Waals surface area (Å²) in [4.78, 5) is 0. The van der Waals surface area contributed by atoms with E-state index in [1.807, 2.05) is 6.92 Å². The first-order valence-electron chi connectivity index (χ1n) is 5.44. The molecule has 0 amide bonds. The van der Waals surface area contributed by atoms with Crippen molar-refractivity contribution in [2.24, 2.45) is 0 Å². The zero-order chi connectivity index (χ0) is 10.1. The van der Waals surface area contributed by atoms with Crippen LogP contribution in [0.2, 0.25) is 0 Å². The molecule has 2 nitrogen and oxygen atoms in total. The summed E-state index contributed by atoms with van der Waals surface area (Å²) in [6.07, 6.45) is 5.10. The number of rotatable bonds is 8. The fourth-order valence-electron chi connectivity index (χ4n) is 1.62. The standard InChI is InChI=1S/C11H24O2/c1-5-8-10(12-4)11(9-6-2)13-7-3/h10-11H,5-9H2,1-4H3. The maximum atomic E-state index is 5.66. The van der Waals surface area contributed by atoms with E-state index in [2.05, 4.69) is 13.8 Å². The lowest BCUT2D eigenvalue weighted by atomic mass is 10.0. The summed E-state index contributed by atoms with van der Waals surface area (Å²) in [7, 11) is 1.78. The Kier molecular flexibility index (Phi) is 8.46. The average molecular weight is 188 g/mol. The van der Waals surface area contributed by atoms with Crippen molar-refractivity contribution in [3.8, 4) is 0 Å². The molecule has 0 aliphatic carbocycles. The van der Waals surface area contributed by atoms with Crippen LogP contribution in [0.25, 0.3) is 0 Å². The van der Waals surface area contributed by atoms with Gasteiger partial charge < -0.3 is 9.47 Å². The first kappa shape index (κ1) is 12.9. The van der Waals surface area contributed by atoms with Crippen LogP contribution < -0.4 is 0 Å². The summed E-state index contributed by atoms with van der Waals surface area (Å²) in [5.41, 5.74) is 0. The molecule has 0 rings (SSSR count). The van der Waals surface area contributed by atoms with Gasteiger partial charge in [0.2, 0.25) is 0 Å². The summed E-state index contributed by atoms with van der Waals surface area (Å²) >= 11 is 0. The van der Waals surface area contributed by atoms with E-state index in [1.54, 1.807) is 7.11 Å². The van der Waals surface area contributed by atoms with Gasteiger partial charge in [0.15, 0.2) is 0 Å². The van der Waals surface area contributed by atoms with Crippen molar-refractivity contribution in [2.45, 2.75) is 58.7 Å². The zero-order valence-corrected chi connectivity index (χ0v) is 9.51. The van der Waals surface area contributed by atoms with Crippen molar-refractivity contribution >= 4 is 0 Å². The largest absolute Gasteiger partial charge is 0.379 e. The van der Waals surface area contributed by atoms with E-state index in [9.17, 15) is 0 Å². The molecule has 2 atom stereocenters. The molecule has 13 heavy (non-hydrogen) atoms. The van der Waals surface area contributed by atoms with Gasteiger partial charge in [-0.2, -0.15) is 0 Å². The van der Waals surface area contributed by atoms with E-state index < -0.39 is 0 Å². The normalized spacial score (nSPS) is 15.7. The van der Waals surface area contributed by atoms with Gasteiger partial charge in [-0.1, -0.05) is 26.7 Å². The molecule has 0 aromatic rings. The quantitative estimate of drug-likeness (QED) is 0.583. The van der Waals surface area contributed by atoms with Crippen molar-refractivity contribution in [3.63, 3.8) is 0 Å². The smallest absolute Gasteiger partial charge is 0.0836 e. The Morgan fingerprint density at radius 1 is 0.923 bits per heavy atom. The van der Waals surface area contributed by atoms with Crippen LogP contribution in [-0.4, -0.2) is 25.9 Å². The number of ether oxygens (including phenoxy) is 2. The van der Waals surface area contributed by atoms with E-state index in [4.69, 9.17) is 9.47 Å². The molecule has 0 saturated heterocycles. The van der Waals surface area contributed by atoms with Crippen LogP contribution in [0.5, 0.6) is 0 Å². The Bertz CT molecular complexity index is 98.3. The molecule has 0 saturated carbocycles. The lowest BCUT2D eigenvalue weighted by molar-refractivity contribution is -0.0597. The van der Waals surface area contributed by atoms with Crippen LogP contribution in [0.1, 0.15) is 46.5 Å². The highest BCUT2D eigenvalue weighted by molar-refractivity contribution is 4.69. The molecule has 0 spiro atoms. The summed E-state index contributed by atoms with van der Waals surface area (Å²) in [5.74, 6) is 0. The van der Waals surface area contributed by atoms with Gasteiger partial charge in [0.1, 0.15) is 0 Å². The van der Waals surface area contributed by atoms with E-state index in [-0.39, 0.29) is 6.10 Å². The third-order valence-corrected chi connectivity index (χ3v) is 2.24. The average Bonchev–Trinajstić information content (AvgIpc) is 2.14. The molecule has 80 valence electrons. The Balaban J connectivity index is 3.94. The SMILES string of the molecule is CCCC(OC)C(CCC)OCC. The minimum Gasteiger partial charge on any atom is -0.379 e. The zero-order valence-electron chi connectivity index (χ0n) is 9.51. The van der Waals surface area contributed by atoms with Crippen molar-refractivity contribution in [1.29, 1.82) is 0 Å². The first-order valence-corrected chi connectivity index (χ1v) is 5.44. The third-order valence-electron chi connectivity index (χ3n) is 2.24. The first-order chi connectivity index (χ1) is 6.29. The van der Waals surface area contributed by atoms with Crippen LogP contribution in [0, 0.1) is 0 Å². The van der Waals surface area contributed by atoms with Crippen molar-refractivity contribution in [1.82, 2.24) is 0 Å². The molecular formula is C11H24O2. The molecule has 2 unspecified atom stereocenters. The van der Waals surface area contributed by atoms with Gasteiger partial charge in [0, 0.05) is 13.7 Å². The Labute approximate surface area is 82.6 Å². The van der Waals surface area contributed by atoms with Gasteiger partial charge in [-0.05, 0) is 19.8 Å². The predicted molar refractivity (Wildman–Crippen MR) is 56.0 cm³/mol. The minimum atomic E-state index is 0.282. The molecule has 0 N–H and O–H groups in total. The molecule has 0 radical (unpaired) electrons. The van der Waals surface area contributed by atoms with Gasteiger partial charge in [-0.15, -0.1) is 0 Å². The van der Waals surface area contributed by atoms with Gasteiger partial charge in [0.25, 0.3) is 0 Å². The lowest BCUT2D eigenvalue weighted by Crippen LogP contribution is -2.30. The minimum absolute atomic E-state index is 0.282. The fraction of sp³-hybridized carbons (Fsp3) is 1.00. The molecular weight excluding hydrogens is 164 g/mol. The van der Waals surface area contributed by atoms with Crippen molar-refractivity contribution in [3.05, 3.63) is 0 Å². The summed E-state index contributed by atoms with van der Waals surface area (Å²) < 4.78 is 11.1.